The minimum atomic E-state index is -0.274. The Morgan fingerprint density at radius 1 is 1.29 bits per heavy atom. The van der Waals surface area contributed by atoms with Crippen molar-refractivity contribution in [3.63, 3.8) is 0 Å². The smallest absolute Gasteiger partial charge is 0.313 e. The summed E-state index contributed by atoms with van der Waals surface area (Å²) in [6.45, 7) is 0. The van der Waals surface area contributed by atoms with Gasteiger partial charge in [-0.3, -0.25) is 4.79 Å². The Labute approximate surface area is 101 Å². The van der Waals surface area contributed by atoms with Crippen molar-refractivity contribution in [2.75, 3.05) is 7.11 Å². The van der Waals surface area contributed by atoms with E-state index in [0.29, 0.717) is 5.92 Å². The second-order valence-corrected chi connectivity index (χ2v) is 4.60. The molecule has 3 heteroatoms. The Bertz CT molecular complexity index is 380. The van der Waals surface area contributed by atoms with Gasteiger partial charge in [-0.05, 0) is 36.5 Å². The van der Waals surface area contributed by atoms with E-state index in [9.17, 15) is 9.18 Å². The van der Waals surface area contributed by atoms with Crippen molar-refractivity contribution in [3.8, 4) is 0 Å². The van der Waals surface area contributed by atoms with E-state index in [2.05, 4.69) is 0 Å². The molecule has 17 heavy (non-hydrogen) atoms. The van der Waals surface area contributed by atoms with Gasteiger partial charge in [-0.15, -0.1) is 0 Å². The maximum Gasteiger partial charge on any atom is 0.313 e. The number of ether oxygens (including phenoxy) is 1. The van der Waals surface area contributed by atoms with Gasteiger partial charge in [-0.2, -0.15) is 0 Å². The van der Waals surface area contributed by atoms with Gasteiger partial charge in [0.1, 0.15) is 5.82 Å². The van der Waals surface area contributed by atoms with Crippen molar-refractivity contribution >= 4 is 5.97 Å². The van der Waals surface area contributed by atoms with Crippen LogP contribution in [-0.4, -0.2) is 13.1 Å². The molecule has 1 fully saturated rings. The summed E-state index contributed by atoms with van der Waals surface area (Å²) >= 11 is 0. The monoisotopic (exact) mass is 236 g/mol. The lowest BCUT2D eigenvalue weighted by Gasteiger charge is -2.21. The number of hydrogen-bond acceptors (Lipinski definition) is 2. The van der Waals surface area contributed by atoms with Crippen molar-refractivity contribution in [3.05, 3.63) is 35.6 Å². The number of rotatable bonds is 3. The lowest BCUT2D eigenvalue weighted by atomic mass is 9.85. The average Bonchev–Trinajstić information content (AvgIpc) is 2.85. The molecular formula is C14H17FO2. The summed E-state index contributed by atoms with van der Waals surface area (Å²) in [6, 6.07) is 6.19. The summed E-state index contributed by atoms with van der Waals surface area (Å²) < 4.78 is 17.8. The number of methoxy groups -OCH3 is 1. The summed E-state index contributed by atoms with van der Waals surface area (Å²) in [5, 5.41) is 0. The number of carbonyl (C=O) groups excluding carboxylic acids is 1. The van der Waals surface area contributed by atoms with Crippen LogP contribution in [0.25, 0.3) is 0 Å². The maximum absolute atomic E-state index is 12.9. The summed E-state index contributed by atoms with van der Waals surface area (Å²) in [5.74, 6) is -0.372. The van der Waals surface area contributed by atoms with E-state index < -0.39 is 0 Å². The number of hydrogen-bond donors (Lipinski definition) is 0. The molecule has 1 aromatic rings. The number of halogens is 1. The summed E-state index contributed by atoms with van der Waals surface area (Å²) in [4.78, 5) is 11.9. The molecule has 0 aromatic heterocycles. The Kier molecular flexibility index (Phi) is 3.77. The molecule has 1 saturated carbocycles. The SMILES string of the molecule is COC(=O)[C@H](c1ccc(F)cc1)C1CCCC1. The van der Waals surface area contributed by atoms with Gasteiger partial charge < -0.3 is 4.74 Å². The van der Waals surface area contributed by atoms with E-state index in [4.69, 9.17) is 4.74 Å². The highest BCUT2D eigenvalue weighted by Crippen LogP contribution is 2.38. The highest BCUT2D eigenvalue weighted by atomic mass is 19.1. The summed E-state index contributed by atoms with van der Waals surface area (Å²) in [6.07, 6.45) is 4.44. The minimum absolute atomic E-state index is 0.205. The van der Waals surface area contributed by atoms with Crippen LogP contribution in [0, 0.1) is 11.7 Å². The van der Waals surface area contributed by atoms with Crippen molar-refractivity contribution in [1.29, 1.82) is 0 Å². The molecule has 0 radical (unpaired) electrons. The molecule has 1 aliphatic carbocycles. The van der Waals surface area contributed by atoms with Crippen LogP contribution in [0.4, 0.5) is 4.39 Å². The fourth-order valence-electron chi connectivity index (χ4n) is 2.69. The molecule has 2 nitrogen and oxygen atoms in total. The molecule has 0 unspecified atom stereocenters. The molecule has 1 aliphatic rings. The summed E-state index contributed by atoms with van der Waals surface area (Å²) in [7, 11) is 1.41. The van der Waals surface area contributed by atoms with Crippen LogP contribution in [0.5, 0.6) is 0 Å². The first-order valence-electron chi connectivity index (χ1n) is 6.05. The van der Waals surface area contributed by atoms with E-state index in [1.54, 1.807) is 12.1 Å². The predicted molar refractivity (Wildman–Crippen MR) is 63.1 cm³/mol. The molecule has 0 bridgehead atoms. The Morgan fingerprint density at radius 2 is 1.88 bits per heavy atom. The minimum Gasteiger partial charge on any atom is -0.469 e. The van der Waals surface area contributed by atoms with Crippen LogP contribution in [0.2, 0.25) is 0 Å². The lowest BCUT2D eigenvalue weighted by Crippen LogP contribution is -2.21. The highest BCUT2D eigenvalue weighted by Gasteiger charge is 2.32. The first kappa shape index (κ1) is 12.1. The molecule has 0 heterocycles. The van der Waals surface area contributed by atoms with Gasteiger partial charge in [0.2, 0.25) is 0 Å². The van der Waals surface area contributed by atoms with Crippen LogP contribution < -0.4 is 0 Å². The third-order valence-electron chi connectivity index (χ3n) is 3.56. The van der Waals surface area contributed by atoms with Gasteiger partial charge in [0, 0.05) is 0 Å². The first-order valence-corrected chi connectivity index (χ1v) is 6.05. The van der Waals surface area contributed by atoms with E-state index in [-0.39, 0.29) is 17.7 Å². The van der Waals surface area contributed by atoms with Gasteiger partial charge in [-0.1, -0.05) is 25.0 Å². The molecule has 0 saturated heterocycles. The third kappa shape index (κ3) is 2.65. The van der Waals surface area contributed by atoms with Crippen LogP contribution in [0.1, 0.15) is 37.2 Å². The zero-order valence-corrected chi connectivity index (χ0v) is 9.99. The standard InChI is InChI=1S/C14H17FO2/c1-17-14(16)13(10-4-2-3-5-10)11-6-8-12(15)9-7-11/h6-10,13H,2-5H2,1H3/t13-/m0/s1. The topological polar surface area (TPSA) is 26.3 Å². The number of benzene rings is 1. The zero-order valence-electron chi connectivity index (χ0n) is 9.99. The van der Waals surface area contributed by atoms with Gasteiger partial charge >= 0.3 is 5.97 Å². The number of esters is 1. The van der Waals surface area contributed by atoms with Gasteiger partial charge in [0.05, 0.1) is 13.0 Å². The molecule has 1 aromatic carbocycles. The average molecular weight is 236 g/mol. The lowest BCUT2D eigenvalue weighted by molar-refractivity contribution is -0.143. The molecule has 1 atom stereocenters. The Hall–Kier alpha value is -1.38. The second kappa shape index (κ2) is 5.30. The van der Waals surface area contributed by atoms with Crippen LogP contribution in [0.15, 0.2) is 24.3 Å². The quantitative estimate of drug-likeness (QED) is 0.753. The van der Waals surface area contributed by atoms with Crippen molar-refractivity contribution in [2.24, 2.45) is 5.92 Å². The van der Waals surface area contributed by atoms with Gasteiger partial charge in [-0.25, -0.2) is 4.39 Å². The van der Waals surface area contributed by atoms with E-state index >= 15 is 0 Å². The van der Waals surface area contributed by atoms with Crippen molar-refractivity contribution < 1.29 is 13.9 Å². The second-order valence-electron chi connectivity index (χ2n) is 4.60. The molecule has 0 N–H and O–H groups in total. The van der Waals surface area contributed by atoms with Crippen LogP contribution in [-0.2, 0) is 9.53 Å². The fourth-order valence-corrected chi connectivity index (χ4v) is 2.69. The predicted octanol–water partition coefficient (Wildman–Crippen LogP) is 3.27. The van der Waals surface area contributed by atoms with Gasteiger partial charge in [0.25, 0.3) is 0 Å². The molecule has 0 aliphatic heterocycles. The summed E-state index contributed by atoms with van der Waals surface area (Å²) in [5.41, 5.74) is 0.866. The highest BCUT2D eigenvalue weighted by molar-refractivity contribution is 5.78. The molecular weight excluding hydrogens is 219 g/mol. The van der Waals surface area contributed by atoms with E-state index in [1.165, 1.54) is 32.1 Å². The Balaban J connectivity index is 2.25. The largest absolute Gasteiger partial charge is 0.469 e. The fraction of sp³-hybridized carbons (Fsp3) is 0.500. The molecule has 0 amide bonds. The molecule has 92 valence electrons. The van der Waals surface area contributed by atoms with E-state index in [1.807, 2.05) is 0 Å². The third-order valence-corrected chi connectivity index (χ3v) is 3.56. The molecule has 0 spiro atoms. The van der Waals surface area contributed by atoms with Crippen molar-refractivity contribution in [2.45, 2.75) is 31.6 Å². The Morgan fingerprint density at radius 3 is 2.41 bits per heavy atom. The number of carbonyl (C=O) groups is 1. The normalized spacial score (nSPS) is 18.0. The van der Waals surface area contributed by atoms with Crippen LogP contribution >= 0.6 is 0 Å². The van der Waals surface area contributed by atoms with Crippen molar-refractivity contribution in [1.82, 2.24) is 0 Å². The molecule has 2 rings (SSSR count). The zero-order chi connectivity index (χ0) is 12.3. The maximum atomic E-state index is 12.9. The van der Waals surface area contributed by atoms with Gasteiger partial charge in [0.15, 0.2) is 0 Å². The van der Waals surface area contributed by atoms with E-state index in [0.717, 1.165) is 18.4 Å². The first-order chi connectivity index (χ1) is 8.22. The van der Waals surface area contributed by atoms with Crippen LogP contribution in [0.3, 0.4) is 0 Å².